The summed E-state index contributed by atoms with van der Waals surface area (Å²) in [5.74, 6) is -0.0126. The number of nitrogens with one attached hydrogen (secondary N) is 1. The molecule has 1 aliphatic heterocycles. The van der Waals surface area contributed by atoms with E-state index in [1.54, 1.807) is 0 Å². The van der Waals surface area contributed by atoms with Gasteiger partial charge < -0.3 is 10.1 Å². The number of alkyl halides is 2. The first kappa shape index (κ1) is 13.5. The number of rotatable bonds is 4. The number of carbonyl (C=O) groups excluding carboxylic acids is 1. The minimum Gasteiger partial charge on any atom is -0.365 e. The first-order valence-corrected chi connectivity index (χ1v) is 7.29. The summed E-state index contributed by atoms with van der Waals surface area (Å²) in [5, 5.41) is 4.45. The normalized spacial score (nSPS) is 26.7. The monoisotopic (exact) mass is 341 g/mol. The molecular formula is C10H17Br2NO2. The predicted octanol–water partition coefficient (Wildman–Crippen LogP) is 2.22. The van der Waals surface area contributed by atoms with Crippen LogP contribution in [0, 0.1) is 0 Å². The van der Waals surface area contributed by atoms with Crippen molar-refractivity contribution < 1.29 is 9.53 Å². The lowest BCUT2D eigenvalue weighted by molar-refractivity contribution is -0.140. The van der Waals surface area contributed by atoms with Gasteiger partial charge in [-0.3, -0.25) is 4.79 Å². The summed E-state index contributed by atoms with van der Waals surface area (Å²) in [6.07, 6.45) is 1.77. The predicted molar refractivity (Wildman–Crippen MR) is 67.7 cm³/mol. The molecule has 0 saturated carbocycles. The van der Waals surface area contributed by atoms with Crippen molar-refractivity contribution in [1.29, 1.82) is 0 Å². The van der Waals surface area contributed by atoms with Crippen molar-refractivity contribution in [3.8, 4) is 0 Å². The molecule has 0 aromatic heterocycles. The summed E-state index contributed by atoms with van der Waals surface area (Å²) in [6, 6.07) is 0. The number of halogens is 2. The SMILES string of the molecule is CC(CBr)(CBr)NC(=O)C1(C)CCCO1. The fourth-order valence-electron chi connectivity index (χ4n) is 1.47. The molecule has 1 rings (SSSR count). The van der Waals surface area contributed by atoms with Crippen LogP contribution in [0.5, 0.6) is 0 Å². The molecular weight excluding hydrogens is 326 g/mol. The number of ether oxygens (including phenoxy) is 1. The molecule has 1 amide bonds. The molecule has 1 fully saturated rings. The quantitative estimate of drug-likeness (QED) is 0.795. The highest BCUT2D eigenvalue weighted by molar-refractivity contribution is 9.09. The highest BCUT2D eigenvalue weighted by Crippen LogP contribution is 2.26. The lowest BCUT2D eigenvalue weighted by atomic mass is 9.99. The Morgan fingerprint density at radius 2 is 2.13 bits per heavy atom. The van der Waals surface area contributed by atoms with Gasteiger partial charge in [-0.2, -0.15) is 0 Å². The van der Waals surface area contributed by atoms with Crippen molar-refractivity contribution in [3.05, 3.63) is 0 Å². The van der Waals surface area contributed by atoms with E-state index >= 15 is 0 Å². The number of amides is 1. The molecule has 0 bridgehead atoms. The summed E-state index contributed by atoms with van der Waals surface area (Å²) in [4.78, 5) is 12.0. The van der Waals surface area contributed by atoms with Crippen LogP contribution in [0.15, 0.2) is 0 Å². The number of hydrogen-bond donors (Lipinski definition) is 1. The van der Waals surface area contributed by atoms with Crippen molar-refractivity contribution >= 4 is 37.8 Å². The Morgan fingerprint density at radius 1 is 1.53 bits per heavy atom. The highest BCUT2D eigenvalue weighted by atomic mass is 79.9. The van der Waals surface area contributed by atoms with Gasteiger partial charge in [0.15, 0.2) is 0 Å². The van der Waals surface area contributed by atoms with Crippen LogP contribution in [0.1, 0.15) is 26.7 Å². The second kappa shape index (κ2) is 5.15. The van der Waals surface area contributed by atoms with Gasteiger partial charge in [-0.25, -0.2) is 0 Å². The first-order chi connectivity index (χ1) is 6.96. The molecule has 0 spiro atoms. The second-order valence-corrected chi connectivity index (χ2v) is 5.59. The molecule has 0 aromatic carbocycles. The van der Waals surface area contributed by atoms with Gasteiger partial charge in [-0.1, -0.05) is 31.9 Å². The van der Waals surface area contributed by atoms with Crippen molar-refractivity contribution in [2.45, 2.75) is 37.8 Å². The second-order valence-electron chi connectivity index (χ2n) is 4.46. The Bertz CT molecular complexity index is 236. The Morgan fingerprint density at radius 3 is 2.53 bits per heavy atom. The molecule has 0 radical (unpaired) electrons. The van der Waals surface area contributed by atoms with E-state index in [2.05, 4.69) is 37.2 Å². The van der Waals surface area contributed by atoms with Crippen LogP contribution in [0.2, 0.25) is 0 Å². The Labute approximate surface area is 108 Å². The fourth-order valence-corrected chi connectivity index (χ4v) is 2.68. The lowest BCUT2D eigenvalue weighted by Gasteiger charge is -2.31. The van der Waals surface area contributed by atoms with E-state index < -0.39 is 5.60 Å². The maximum atomic E-state index is 12.0. The summed E-state index contributed by atoms with van der Waals surface area (Å²) in [7, 11) is 0. The zero-order valence-electron chi connectivity index (χ0n) is 9.11. The standard InChI is InChI=1S/C10H17Br2NO2/c1-9(6-11,7-12)13-8(14)10(2)4-3-5-15-10/h3-7H2,1-2H3,(H,13,14). The summed E-state index contributed by atoms with van der Waals surface area (Å²) >= 11 is 6.80. The van der Waals surface area contributed by atoms with Crippen LogP contribution in [-0.2, 0) is 9.53 Å². The molecule has 1 aliphatic rings. The maximum Gasteiger partial charge on any atom is 0.252 e. The third-order valence-corrected chi connectivity index (χ3v) is 5.18. The van der Waals surface area contributed by atoms with E-state index in [1.807, 2.05) is 13.8 Å². The first-order valence-electron chi connectivity index (χ1n) is 5.04. The third kappa shape index (κ3) is 3.17. The molecule has 88 valence electrons. The van der Waals surface area contributed by atoms with E-state index in [-0.39, 0.29) is 11.4 Å². The van der Waals surface area contributed by atoms with E-state index in [0.717, 1.165) is 12.8 Å². The summed E-state index contributed by atoms with van der Waals surface area (Å²) < 4.78 is 5.49. The van der Waals surface area contributed by atoms with E-state index in [0.29, 0.717) is 17.3 Å². The zero-order chi connectivity index (χ0) is 11.5. The molecule has 5 heteroatoms. The minimum atomic E-state index is -0.633. The zero-order valence-corrected chi connectivity index (χ0v) is 12.3. The molecule has 1 unspecified atom stereocenters. The van der Waals surface area contributed by atoms with Crippen LogP contribution in [0.4, 0.5) is 0 Å². The Balaban J connectivity index is 2.61. The third-order valence-electron chi connectivity index (χ3n) is 2.70. The van der Waals surface area contributed by atoms with Crippen LogP contribution >= 0.6 is 31.9 Å². The van der Waals surface area contributed by atoms with Crippen molar-refractivity contribution in [2.24, 2.45) is 0 Å². The average Bonchev–Trinajstić information content (AvgIpc) is 2.66. The smallest absolute Gasteiger partial charge is 0.252 e. The average molecular weight is 343 g/mol. The fraction of sp³-hybridized carbons (Fsp3) is 0.900. The summed E-state index contributed by atoms with van der Waals surface area (Å²) in [5.41, 5.74) is -0.891. The minimum absolute atomic E-state index is 0.0126. The van der Waals surface area contributed by atoms with Crippen LogP contribution in [0.3, 0.4) is 0 Å². The molecule has 0 aliphatic carbocycles. The van der Waals surface area contributed by atoms with Gasteiger partial charge in [0.05, 0.1) is 5.54 Å². The largest absolute Gasteiger partial charge is 0.365 e. The van der Waals surface area contributed by atoms with Gasteiger partial charge in [0.1, 0.15) is 5.60 Å². The summed E-state index contributed by atoms with van der Waals surface area (Å²) in [6.45, 7) is 4.54. The van der Waals surface area contributed by atoms with Gasteiger partial charge in [0.25, 0.3) is 5.91 Å². The van der Waals surface area contributed by atoms with Gasteiger partial charge in [0.2, 0.25) is 0 Å². The highest BCUT2D eigenvalue weighted by Gasteiger charge is 2.40. The van der Waals surface area contributed by atoms with Crippen molar-refractivity contribution in [3.63, 3.8) is 0 Å². The van der Waals surface area contributed by atoms with Gasteiger partial charge in [-0.15, -0.1) is 0 Å². The van der Waals surface area contributed by atoms with E-state index in [4.69, 9.17) is 4.74 Å². The number of carbonyl (C=O) groups is 1. The van der Waals surface area contributed by atoms with Crippen LogP contribution < -0.4 is 5.32 Å². The van der Waals surface area contributed by atoms with E-state index in [1.165, 1.54) is 0 Å². The van der Waals surface area contributed by atoms with Gasteiger partial charge >= 0.3 is 0 Å². The van der Waals surface area contributed by atoms with Crippen molar-refractivity contribution in [2.75, 3.05) is 17.3 Å². The Hall–Kier alpha value is 0.390. The van der Waals surface area contributed by atoms with Crippen LogP contribution in [-0.4, -0.2) is 34.3 Å². The van der Waals surface area contributed by atoms with Crippen molar-refractivity contribution in [1.82, 2.24) is 5.32 Å². The molecule has 3 nitrogen and oxygen atoms in total. The lowest BCUT2D eigenvalue weighted by Crippen LogP contribution is -2.55. The molecule has 1 saturated heterocycles. The topological polar surface area (TPSA) is 38.3 Å². The maximum absolute atomic E-state index is 12.0. The van der Waals surface area contributed by atoms with Crippen LogP contribution in [0.25, 0.3) is 0 Å². The molecule has 15 heavy (non-hydrogen) atoms. The molecule has 1 atom stereocenters. The molecule has 0 aromatic rings. The molecule has 1 N–H and O–H groups in total. The van der Waals surface area contributed by atoms with Gasteiger partial charge in [-0.05, 0) is 26.7 Å². The number of hydrogen-bond acceptors (Lipinski definition) is 2. The Kier molecular flexibility index (Phi) is 4.62. The van der Waals surface area contributed by atoms with E-state index in [9.17, 15) is 4.79 Å². The van der Waals surface area contributed by atoms with Gasteiger partial charge in [0, 0.05) is 17.3 Å². The molecule has 1 heterocycles.